The third-order valence-corrected chi connectivity index (χ3v) is 4.61. The second-order valence-electron chi connectivity index (χ2n) is 6.18. The number of nitrogens with zero attached hydrogens (tertiary/aromatic N) is 2. The summed E-state index contributed by atoms with van der Waals surface area (Å²) >= 11 is 5.23. The van der Waals surface area contributed by atoms with Crippen molar-refractivity contribution in [3.05, 3.63) is 59.9 Å². The molecule has 118 valence electrons. The third kappa shape index (κ3) is 2.86. The molecule has 4 heteroatoms. The Balaban J connectivity index is 2.20. The zero-order valence-electron chi connectivity index (χ0n) is 13.7. The fraction of sp³-hybridized carbons (Fsp3) is 0.263. The Labute approximate surface area is 142 Å². The predicted octanol–water partition coefficient (Wildman–Crippen LogP) is 4.51. The molecule has 0 aliphatic carbocycles. The minimum absolute atomic E-state index is 0.0397. The minimum Gasteiger partial charge on any atom is -0.393 e. The van der Waals surface area contributed by atoms with Crippen LogP contribution >= 0.6 is 12.2 Å². The average molecular weight is 323 g/mol. The van der Waals surface area contributed by atoms with Gasteiger partial charge in [0, 0.05) is 17.7 Å². The highest BCUT2D eigenvalue weighted by Gasteiger charge is 2.21. The van der Waals surface area contributed by atoms with Gasteiger partial charge in [-0.3, -0.25) is 0 Å². The molecule has 3 aromatic rings. The molecular formula is C19H21N3S. The van der Waals surface area contributed by atoms with Gasteiger partial charge in [0.1, 0.15) is 5.65 Å². The second-order valence-corrected chi connectivity index (χ2v) is 6.65. The van der Waals surface area contributed by atoms with Gasteiger partial charge in [0.05, 0.1) is 16.4 Å². The molecular weight excluding hydrogens is 302 g/mol. The lowest BCUT2D eigenvalue weighted by Crippen LogP contribution is -2.18. The summed E-state index contributed by atoms with van der Waals surface area (Å²) in [5.74, 6) is 0.474. The van der Waals surface area contributed by atoms with E-state index in [1.807, 2.05) is 31.3 Å². The molecule has 0 aliphatic heterocycles. The number of aromatic nitrogens is 2. The summed E-state index contributed by atoms with van der Waals surface area (Å²) in [7, 11) is 0. The molecule has 0 aliphatic rings. The van der Waals surface area contributed by atoms with E-state index in [1.54, 1.807) is 0 Å². The summed E-state index contributed by atoms with van der Waals surface area (Å²) in [6.45, 7) is 6.42. The zero-order valence-corrected chi connectivity index (χ0v) is 14.5. The van der Waals surface area contributed by atoms with Crippen molar-refractivity contribution < 1.29 is 0 Å². The van der Waals surface area contributed by atoms with Gasteiger partial charge in [0.15, 0.2) is 0 Å². The smallest absolute Gasteiger partial charge is 0.137 e. The van der Waals surface area contributed by atoms with E-state index in [4.69, 9.17) is 22.9 Å². The zero-order chi connectivity index (χ0) is 16.6. The van der Waals surface area contributed by atoms with Crippen LogP contribution in [0.3, 0.4) is 0 Å². The van der Waals surface area contributed by atoms with E-state index in [1.165, 1.54) is 5.56 Å². The van der Waals surface area contributed by atoms with E-state index < -0.39 is 0 Å². The molecule has 2 N–H and O–H groups in total. The van der Waals surface area contributed by atoms with Gasteiger partial charge in [-0.2, -0.15) is 0 Å². The van der Waals surface area contributed by atoms with Crippen LogP contribution in [-0.4, -0.2) is 14.4 Å². The molecule has 1 atom stereocenters. The van der Waals surface area contributed by atoms with Crippen molar-refractivity contribution in [2.24, 2.45) is 5.73 Å². The van der Waals surface area contributed by atoms with Gasteiger partial charge in [0.2, 0.25) is 0 Å². The van der Waals surface area contributed by atoms with E-state index in [0.717, 1.165) is 22.6 Å². The van der Waals surface area contributed by atoms with Crippen LogP contribution in [0.25, 0.3) is 16.9 Å². The van der Waals surface area contributed by atoms with Crippen LogP contribution in [0, 0.1) is 0 Å². The highest BCUT2D eigenvalue weighted by Crippen LogP contribution is 2.31. The van der Waals surface area contributed by atoms with Gasteiger partial charge in [-0.05, 0) is 23.6 Å². The van der Waals surface area contributed by atoms with Crippen LogP contribution in [0.2, 0.25) is 0 Å². The molecule has 0 bridgehead atoms. The fourth-order valence-electron chi connectivity index (χ4n) is 2.80. The number of hydrogen-bond acceptors (Lipinski definition) is 2. The standard InChI is InChI=1S/C19H21N3S/c1-12(2)14-7-9-15(10-8-14)17-18(13(3)19(20)23)22-11-5-4-6-16(22)21-17/h4-13H,1-3H3,(H2,20,23). The summed E-state index contributed by atoms with van der Waals surface area (Å²) < 4.78 is 2.08. The Morgan fingerprint density at radius 3 is 2.39 bits per heavy atom. The van der Waals surface area contributed by atoms with Crippen LogP contribution in [0.5, 0.6) is 0 Å². The molecule has 1 unspecified atom stereocenters. The van der Waals surface area contributed by atoms with Crippen molar-refractivity contribution in [1.29, 1.82) is 0 Å². The molecule has 0 radical (unpaired) electrons. The highest BCUT2D eigenvalue weighted by molar-refractivity contribution is 7.80. The van der Waals surface area contributed by atoms with Gasteiger partial charge >= 0.3 is 0 Å². The number of nitrogens with two attached hydrogens (primary N) is 1. The number of hydrogen-bond donors (Lipinski definition) is 1. The predicted molar refractivity (Wildman–Crippen MR) is 99.9 cm³/mol. The molecule has 1 aromatic carbocycles. The Kier molecular flexibility index (Phi) is 4.18. The van der Waals surface area contributed by atoms with Crippen molar-refractivity contribution in [2.75, 3.05) is 0 Å². The number of thiocarbonyl (C=S) groups is 1. The van der Waals surface area contributed by atoms with E-state index in [2.05, 4.69) is 42.5 Å². The van der Waals surface area contributed by atoms with E-state index in [0.29, 0.717) is 10.9 Å². The SMILES string of the molecule is CC(C)c1ccc(-c2nc3ccccn3c2C(C)C(N)=S)cc1. The number of fused-ring (bicyclic) bond motifs is 1. The van der Waals surface area contributed by atoms with Crippen molar-refractivity contribution in [2.45, 2.75) is 32.6 Å². The first-order valence-corrected chi connectivity index (χ1v) is 8.26. The highest BCUT2D eigenvalue weighted by atomic mass is 32.1. The number of rotatable bonds is 4. The Morgan fingerprint density at radius 2 is 1.78 bits per heavy atom. The first-order valence-electron chi connectivity index (χ1n) is 7.85. The fourth-order valence-corrected chi connectivity index (χ4v) is 2.91. The van der Waals surface area contributed by atoms with Gasteiger partial charge in [-0.1, -0.05) is 63.3 Å². The van der Waals surface area contributed by atoms with Gasteiger partial charge in [-0.15, -0.1) is 0 Å². The average Bonchev–Trinajstić information content (AvgIpc) is 2.93. The molecule has 3 nitrogen and oxygen atoms in total. The Morgan fingerprint density at radius 1 is 1.09 bits per heavy atom. The quantitative estimate of drug-likeness (QED) is 0.718. The monoisotopic (exact) mass is 323 g/mol. The molecule has 2 heterocycles. The Hall–Kier alpha value is -2.20. The maximum absolute atomic E-state index is 5.92. The van der Waals surface area contributed by atoms with Crippen molar-refractivity contribution in [1.82, 2.24) is 9.38 Å². The lowest BCUT2D eigenvalue weighted by atomic mass is 9.98. The van der Waals surface area contributed by atoms with Gasteiger partial charge in [-0.25, -0.2) is 4.98 Å². The lowest BCUT2D eigenvalue weighted by molar-refractivity contribution is 0.867. The normalized spacial score (nSPS) is 12.7. The van der Waals surface area contributed by atoms with Crippen LogP contribution < -0.4 is 5.73 Å². The van der Waals surface area contributed by atoms with Crippen molar-refractivity contribution in [3.8, 4) is 11.3 Å². The topological polar surface area (TPSA) is 43.3 Å². The maximum atomic E-state index is 5.92. The van der Waals surface area contributed by atoms with E-state index in [9.17, 15) is 0 Å². The minimum atomic E-state index is -0.0397. The number of imidazole rings is 1. The van der Waals surface area contributed by atoms with E-state index >= 15 is 0 Å². The Bertz CT molecular complexity index is 847. The first kappa shape index (κ1) is 15.7. The van der Waals surface area contributed by atoms with Crippen LogP contribution in [0.4, 0.5) is 0 Å². The second kappa shape index (κ2) is 6.13. The van der Waals surface area contributed by atoms with Crippen molar-refractivity contribution >= 4 is 22.9 Å². The summed E-state index contributed by atoms with van der Waals surface area (Å²) in [5.41, 5.74) is 11.2. The molecule has 0 amide bonds. The molecule has 0 fully saturated rings. The van der Waals surface area contributed by atoms with Gasteiger partial charge in [0.25, 0.3) is 0 Å². The maximum Gasteiger partial charge on any atom is 0.137 e. The summed E-state index contributed by atoms with van der Waals surface area (Å²) in [6, 6.07) is 14.6. The largest absolute Gasteiger partial charge is 0.393 e. The van der Waals surface area contributed by atoms with Crippen LogP contribution in [-0.2, 0) is 0 Å². The molecule has 0 saturated heterocycles. The summed E-state index contributed by atoms with van der Waals surface area (Å²) in [4.78, 5) is 5.29. The summed E-state index contributed by atoms with van der Waals surface area (Å²) in [5, 5.41) is 0. The first-order chi connectivity index (χ1) is 11.0. The molecule has 23 heavy (non-hydrogen) atoms. The number of benzene rings is 1. The third-order valence-electron chi connectivity index (χ3n) is 4.25. The van der Waals surface area contributed by atoms with Crippen LogP contribution in [0.1, 0.15) is 43.9 Å². The van der Waals surface area contributed by atoms with Crippen LogP contribution in [0.15, 0.2) is 48.7 Å². The molecule has 0 saturated carbocycles. The lowest BCUT2D eigenvalue weighted by Gasteiger charge is -2.13. The number of pyridine rings is 1. The van der Waals surface area contributed by atoms with Crippen molar-refractivity contribution in [3.63, 3.8) is 0 Å². The summed E-state index contributed by atoms with van der Waals surface area (Å²) in [6.07, 6.45) is 2.01. The molecule has 0 spiro atoms. The van der Waals surface area contributed by atoms with E-state index in [-0.39, 0.29) is 5.92 Å². The molecule has 3 rings (SSSR count). The van der Waals surface area contributed by atoms with Gasteiger partial charge < -0.3 is 10.1 Å². The molecule has 2 aromatic heterocycles.